The summed E-state index contributed by atoms with van der Waals surface area (Å²) >= 11 is 0. The van der Waals surface area contributed by atoms with Crippen LogP contribution in [0.25, 0.3) is 10.8 Å². The quantitative estimate of drug-likeness (QED) is 0.0682. The molecule has 5 aromatic rings. The van der Waals surface area contributed by atoms with Crippen LogP contribution in [0.2, 0.25) is 0 Å². The topological polar surface area (TPSA) is 249 Å². The summed E-state index contributed by atoms with van der Waals surface area (Å²) in [6, 6.07) is 14.7. The highest BCUT2D eigenvalue weighted by Crippen LogP contribution is 2.43. The highest BCUT2D eigenvalue weighted by molar-refractivity contribution is 7.86. The smallest absolute Gasteiger partial charge is 0.315 e. The monoisotopic (exact) mass is 712 g/mol. The number of fused-ring (bicyclic) bond motifs is 1. The maximum Gasteiger partial charge on any atom is 0.315 e. The van der Waals surface area contributed by atoms with E-state index in [1.807, 2.05) is 0 Å². The molecule has 1 fully saturated rings. The predicted octanol–water partition coefficient (Wildman–Crippen LogP) is 4.81. The number of phenolic OH excluding ortho intramolecular Hbond substituents is 2. The van der Waals surface area contributed by atoms with Crippen LogP contribution in [0.4, 0.5) is 44.7 Å². The van der Waals surface area contributed by atoms with Crippen LogP contribution in [0.1, 0.15) is 0 Å². The largest absolute Gasteiger partial charge is 0.506 e. The molecular weight excluding hydrogens is 687 g/mol. The van der Waals surface area contributed by atoms with Gasteiger partial charge in [-0.15, -0.1) is 10.2 Å². The van der Waals surface area contributed by atoms with Gasteiger partial charge in [0, 0.05) is 18.5 Å². The number of ether oxygens (including phenoxy) is 1. The van der Waals surface area contributed by atoms with Gasteiger partial charge in [-0.25, -0.2) is 0 Å². The van der Waals surface area contributed by atoms with Crippen molar-refractivity contribution in [2.75, 3.05) is 41.8 Å². The van der Waals surface area contributed by atoms with Crippen LogP contribution < -0.4 is 15.5 Å². The predicted molar refractivity (Wildman–Crippen MR) is 173 cm³/mol. The third kappa shape index (κ3) is 7.47. The van der Waals surface area contributed by atoms with Gasteiger partial charge in [-0.05, 0) is 47.9 Å². The minimum atomic E-state index is -4.92. The van der Waals surface area contributed by atoms with Crippen LogP contribution in [-0.4, -0.2) is 77.4 Å². The molecule has 0 saturated carbocycles. The lowest BCUT2D eigenvalue weighted by Gasteiger charge is -2.26. The van der Waals surface area contributed by atoms with Crippen molar-refractivity contribution in [2.45, 2.75) is 9.79 Å². The molecule has 4 aromatic carbocycles. The van der Waals surface area contributed by atoms with Crippen molar-refractivity contribution < 1.29 is 45.3 Å². The Morgan fingerprint density at radius 2 is 1.49 bits per heavy atom. The van der Waals surface area contributed by atoms with E-state index in [2.05, 4.69) is 35.8 Å². The van der Waals surface area contributed by atoms with Crippen LogP contribution in [0.15, 0.2) is 86.7 Å². The Kier molecular flexibility index (Phi) is 8.96. The Hall–Kier alpha value is -5.54. The van der Waals surface area contributed by atoms with Crippen molar-refractivity contribution >= 4 is 71.3 Å². The fourth-order valence-corrected chi connectivity index (χ4v) is 5.85. The van der Waals surface area contributed by atoms with E-state index in [9.17, 15) is 40.5 Å². The van der Waals surface area contributed by atoms with Gasteiger partial charge >= 0.3 is 6.08 Å². The van der Waals surface area contributed by atoms with Crippen molar-refractivity contribution in [2.24, 2.45) is 10.2 Å². The number of aromatic hydroxyl groups is 2. The molecule has 17 nitrogen and oxygen atoms in total. The maximum absolute atomic E-state index is 14.4. The van der Waals surface area contributed by atoms with E-state index in [0.717, 1.165) is 18.2 Å². The van der Waals surface area contributed by atoms with E-state index in [0.29, 0.717) is 31.7 Å². The molecule has 254 valence electrons. The lowest BCUT2D eigenvalue weighted by Crippen LogP contribution is -2.37. The van der Waals surface area contributed by atoms with Gasteiger partial charge < -0.3 is 30.5 Å². The van der Waals surface area contributed by atoms with Gasteiger partial charge in [0.05, 0.1) is 40.1 Å². The first-order valence-electron chi connectivity index (χ1n) is 14.1. The van der Waals surface area contributed by atoms with Crippen LogP contribution in [0.3, 0.4) is 0 Å². The Morgan fingerprint density at radius 3 is 2.20 bits per heavy atom. The van der Waals surface area contributed by atoms with Gasteiger partial charge in [-0.3, -0.25) is 9.11 Å². The number of azo groups is 1. The second-order valence-electron chi connectivity index (χ2n) is 10.4. The van der Waals surface area contributed by atoms with Crippen LogP contribution in [-0.2, 0) is 25.0 Å². The van der Waals surface area contributed by atoms with Crippen molar-refractivity contribution in [3.8, 4) is 11.5 Å². The lowest BCUT2D eigenvalue weighted by molar-refractivity contribution is 0.122. The van der Waals surface area contributed by atoms with Crippen LogP contribution >= 0.6 is 0 Å². The minimum Gasteiger partial charge on any atom is -0.506 e. The Labute approximate surface area is 277 Å². The van der Waals surface area contributed by atoms with Crippen molar-refractivity contribution in [3.63, 3.8) is 0 Å². The summed E-state index contributed by atoms with van der Waals surface area (Å²) in [4.78, 5) is 11.8. The Morgan fingerprint density at radius 1 is 0.776 bits per heavy atom. The number of nitrogens with one attached hydrogen (secondary N) is 2. The van der Waals surface area contributed by atoms with E-state index < -0.39 is 59.2 Å². The second-order valence-corrected chi connectivity index (χ2v) is 13.3. The zero-order valence-electron chi connectivity index (χ0n) is 24.9. The molecule has 49 heavy (non-hydrogen) atoms. The van der Waals surface area contributed by atoms with Gasteiger partial charge in [-0.2, -0.15) is 36.2 Å². The number of nitrogens with zero attached hydrogens (tertiary/aromatic N) is 6. The fourth-order valence-electron chi connectivity index (χ4n) is 4.81. The number of para-hydroxylation sites is 2. The molecule has 0 spiro atoms. The van der Waals surface area contributed by atoms with Gasteiger partial charge in [0.25, 0.3) is 20.2 Å². The molecule has 0 amide bonds. The van der Waals surface area contributed by atoms with Gasteiger partial charge in [-0.1, -0.05) is 24.3 Å². The first-order chi connectivity index (χ1) is 23.3. The molecule has 1 aliphatic rings. The molecule has 6 rings (SSSR count). The normalized spacial score (nSPS) is 14.0. The number of phenols is 2. The van der Waals surface area contributed by atoms with Crippen molar-refractivity contribution in [3.05, 3.63) is 72.8 Å². The van der Waals surface area contributed by atoms with Crippen molar-refractivity contribution in [1.82, 2.24) is 15.0 Å². The summed E-state index contributed by atoms with van der Waals surface area (Å²) in [5.74, 6) is -1.33. The van der Waals surface area contributed by atoms with Crippen LogP contribution in [0, 0.1) is 6.08 Å². The maximum atomic E-state index is 14.4. The van der Waals surface area contributed by atoms with Gasteiger partial charge in [0.1, 0.15) is 17.1 Å². The molecule has 1 saturated heterocycles. The summed E-state index contributed by atoms with van der Waals surface area (Å²) in [5.41, 5.74) is -0.593. The van der Waals surface area contributed by atoms with E-state index in [1.54, 1.807) is 35.2 Å². The zero-order valence-corrected chi connectivity index (χ0v) is 26.5. The molecule has 1 aromatic heterocycles. The molecule has 0 aliphatic carbocycles. The van der Waals surface area contributed by atoms with E-state index in [1.165, 1.54) is 18.2 Å². The zero-order chi connectivity index (χ0) is 34.9. The van der Waals surface area contributed by atoms with E-state index in [-0.39, 0.29) is 34.1 Å². The number of hydrogen-bond acceptors (Lipinski definition) is 15. The molecule has 1 aliphatic heterocycles. The first-order valence-corrected chi connectivity index (χ1v) is 17.0. The molecular formula is C29H25FN8O9S2. The van der Waals surface area contributed by atoms with Gasteiger partial charge in [0.2, 0.25) is 11.9 Å². The third-order valence-corrected chi connectivity index (χ3v) is 8.87. The molecule has 0 radical (unpaired) electrons. The molecule has 2 heterocycles. The molecule has 0 bridgehead atoms. The Balaban J connectivity index is 1.47. The average Bonchev–Trinajstić information content (AvgIpc) is 3.05. The summed E-state index contributed by atoms with van der Waals surface area (Å²) in [6.07, 6.45) is -1.17. The summed E-state index contributed by atoms with van der Waals surface area (Å²) in [5, 5.41) is 35.8. The number of halogens is 1. The van der Waals surface area contributed by atoms with E-state index in [4.69, 9.17) is 4.74 Å². The molecule has 0 atom stereocenters. The average molecular weight is 713 g/mol. The SMILES string of the molecule is O=S(=O)(O)c1cc(N=Nc2c(Nc3ccccc3O)ccc3ccc(S(=O)(=O)O)cc23)c(O)c(Nc2nc(F)nc(N3CCOCC3)n2)c1. The molecule has 0 unspecified atom stereocenters. The number of rotatable bonds is 9. The number of benzene rings is 4. The van der Waals surface area contributed by atoms with Crippen molar-refractivity contribution in [1.29, 1.82) is 0 Å². The molecule has 20 heteroatoms. The number of aromatic nitrogens is 3. The summed E-state index contributed by atoms with van der Waals surface area (Å²) in [7, 11) is -9.58. The Bertz CT molecular complexity index is 2340. The summed E-state index contributed by atoms with van der Waals surface area (Å²) < 4.78 is 87.7. The van der Waals surface area contributed by atoms with Crippen LogP contribution in [0.5, 0.6) is 11.5 Å². The second kappa shape index (κ2) is 13.2. The van der Waals surface area contributed by atoms with Gasteiger partial charge in [0.15, 0.2) is 5.75 Å². The number of anilines is 5. The highest BCUT2D eigenvalue weighted by Gasteiger charge is 2.22. The first kappa shape index (κ1) is 33.4. The number of morpholine rings is 1. The number of hydrogen-bond donors (Lipinski definition) is 6. The molecule has 6 N–H and O–H groups in total. The highest BCUT2D eigenvalue weighted by atomic mass is 32.2. The van der Waals surface area contributed by atoms with E-state index >= 15 is 0 Å². The minimum absolute atomic E-state index is 0.0478. The lowest BCUT2D eigenvalue weighted by atomic mass is 10.1. The standard InChI is InChI=1S/C29H25FN8O9S2/c30-27-33-28(35-29(34-27)38-9-11-47-12-10-38)32-22-14-18(49(44,45)46)15-23(26(22)40)36-37-25-19-13-17(48(41,42)43)7-5-16(19)6-8-21(25)31-20-3-1-2-4-24(20)39/h1-8,13-15,31,39-40H,9-12H2,(H,41,42,43)(H,44,45,46)(H,32,33,34,35). The third-order valence-electron chi connectivity index (χ3n) is 7.19. The summed E-state index contributed by atoms with van der Waals surface area (Å²) in [6.45, 7) is 1.41. The fraction of sp³-hybridized carbons (Fsp3) is 0.138.